The van der Waals surface area contributed by atoms with Crippen molar-refractivity contribution < 1.29 is 4.74 Å². The number of nitrogens with zero attached hydrogens (tertiary/aromatic N) is 5. The minimum Gasteiger partial charge on any atom is -0.468 e. The van der Waals surface area contributed by atoms with Crippen molar-refractivity contribution in [1.29, 1.82) is 0 Å². The molecule has 7 heteroatoms. The Labute approximate surface area is 150 Å². The van der Waals surface area contributed by atoms with Crippen LogP contribution in [0.2, 0.25) is 5.15 Å². The number of aryl methyl sites for hydroxylation is 1. The predicted octanol–water partition coefficient (Wildman–Crippen LogP) is 3.56. The summed E-state index contributed by atoms with van der Waals surface area (Å²) in [6, 6.07) is 9.52. The first-order valence-electron chi connectivity index (χ1n) is 8.33. The van der Waals surface area contributed by atoms with Crippen molar-refractivity contribution in [3.8, 4) is 5.88 Å². The number of halogens is 1. The van der Waals surface area contributed by atoms with E-state index in [4.69, 9.17) is 16.3 Å². The molecule has 128 valence electrons. The van der Waals surface area contributed by atoms with E-state index in [0.29, 0.717) is 16.9 Å². The number of rotatable bonds is 4. The molecule has 6 nitrogen and oxygen atoms in total. The second-order valence-electron chi connectivity index (χ2n) is 6.05. The van der Waals surface area contributed by atoms with Crippen LogP contribution in [0, 0.1) is 6.92 Å². The van der Waals surface area contributed by atoms with E-state index in [9.17, 15) is 0 Å². The zero-order valence-electron chi connectivity index (χ0n) is 13.9. The van der Waals surface area contributed by atoms with Gasteiger partial charge in [-0.3, -0.25) is 0 Å². The molecule has 0 saturated carbocycles. The number of hydrogen-bond acceptors (Lipinski definition) is 6. The molecule has 1 aliphatic rings. The molecule has 1 aromatic carbocycles. The maximum atomic E-state index is 6.16. The van der Waals surface area contributed by atoms with Crippen molar-refractivity contribution in [2.75, 3.05) is 18.0 Å². The molecule has 2 aromatic heterocycles. The number of anilines is 1. The number of aromatic nitrogens is 4. The summed E-state index contributed by atoms with van der Waals surface area (Å²) in [5.74, 6) is 1.89. The summed E-state index contributed by atoms with van der Waals surface area (Å²) in [4.78, 5) is 20.1. The highest BCUT2D eigenvalue weighted by Crippen LogP contribution is 2.22. The van der Waals surface area contributed by atoms with E-state index >= 15 is 0 Å². The van der Waals surface area contributed by atoms with Crippen LogP contribution in [0.5, 0.6) is 5.88 Å². The summed E-state index contributed by atoms with van der Waals surface area (Å²) in [5, 5.41) is 0.428. The van der Waals surface area contributed by atoms with Crippen LogP contribution >= 0.6 is 11.6 Å². The number of para-hydroxylation sites is 2. The molecular weight excluding hydrogens is 338 g/mol. The van der Waals surface area contributed by atoms with Gasteiger partial charge in [0.2, 0.25) is 5.88 Å². The molecule has 1 aliphatic heterocycles. The van der Waals surface area contributed by atoms with Crippen molar-refractivity contribution in [1.82, 2.24) is 19.9 Å². The van der Waals surface area contributed by atoms with Gasteiger partial charge in [-0.05, 0) is 31.9 Å². The fraction of sp³-hybridized carbons (Fsp3) is 0.333. The number of hydrogen-bond donors (Lipinski definition) is 0. The fourth-order valence-corrected chi connectivity index (χ4v) is 3.16. The zero-order valence-corrected chi connectivity index (χ0v) is 14.7. The lowest BCUT2D eigenvalue weighted by molar-refractivity contribution is 0.281. The van der Waals surface area contributed by atoms with Crippen LogP contribution in [0.15, 0.2) is 30.3 Å². The summed E-state index contributed by atoms with van der Waals surface area (Å²) in [5.41, 5.74) is 2.39. The van der Waals surface area contributed by atoms with Gasteiger partial charge in [-0.2, -0.15) is 0 Å². The molecular formula is C18H18ClN5O. The van der Waals surface area contributed by atoms with Gasteiger partial charge in [0.05, 0.1) is 11.0 Å². The average Bonchev–Trinajstić information content (AvgIpc) is 3.14. The highest BCUT2D eigenvalue weighted by Gasteiger charge is 2.16. The Bertz CT molecular complexity index is 911. The number of fused-ring (bicyclic) bond motifs is 1. The first kappa shape index (κ1) is 16.0. The van der Waals surface area contributed by atoms with Gasteiger partial charge in [0, 0.05) is 19.2 Å². The molecule has 0 N–H and O–H groups in total. The lowest BCUT2D eigenvalue weighted by Gasteiger charge is -2.17. The minimum atomic E-state index is 0.204. The Hall–Kier alpha value is -2.47. The van der Waals surface area contributed by atoms with Crippen LogP contribution in [-0.4, -0.2) is 33.0 Å². The van der Waals surface area contributed by atoms with Crippen LogP contribution in [0.1, 0.15) is 24.4 Å². The van der Waals surface area contributed by atoms with E-state index in [1.54, 1.807) is 6.07 Å². The molecule has 4 rings (SSSR count). The smallest absolute Gasteiger partial charge is 0.236 e. The van der Waals surface area contributed by atoms with E-state index in [1.807, 2.05) is 31.2 Å². The van der Waals surface area contributed by atoms with E-state index in [0.717, 1.165) is 35.6 Å². The first-order chi connectivity index (χ1) is 12.2. The number of benzene rings is 1. The van der Waals surface area contributed by atoms with Gasteiger partial charge in [-0.25, -0.2) is 19.9 Å². The monoisotopic (exact) mass is 355 g/mol. The Morgan fingerprint density at radius 1 is 1.04 bits per heavy atom. The summed E-state index contributed by atoms with van der Waals surface area (Å²) < 4.78 is 5.83. The molecule has 0 unspecified atom stereocenters. The topological polar surface area (TPSA) is 64.0 Å². The Kier molecular flexibility index (Phi) is 4.36. The summed E-state index contributed by atoms with van der Waals surface area (Å²) in [7, 11) is 0. The molecule has 0 atom stereocenters. The van der Waals surface area contributed by atoms with Gasteiger partial charge in [0.15, 0.2) is 5.82 Å². The third-order valence-electron chi connectivity index (χ3n) is 4.20. The van der Waals surface area contributed by atoms with Gasteiger partial charge in [-0.1, -0.05) is 23.7 Å². The SMILES string of the molecule is Cc1nc2ccccc2nc1OCc1nc(Cl)cc(N2CCCC2)n1. The van der Waals surface area contributed by atoms with Gasteiger partial charge < -0.3 is 9.64 Å². The fourth-order valence-electron chi connectivity index (χ4n) is 2.97. The first-order valence-corrected chi connectivity index (χ1v) is 8.71. The Morgan fingerprint density at radius 3 is 2.52 bits per heavy atom. The molecule has 3 heterocycles. The molecule has 25 heavy (non-hydrogen) atoms. The molecule has 0 amide bonds. The molecule has 1 fully saturated rings. The highest BCUT2D eigenvalue weighted by atomic mass is 35.5. The van der Waals surface area contributed by atoms with Crippen molar-refractivity contribution in [2.24, 2.45) is 0 Å². The van der Waals surface area contributed by atoms with Gasteiger partial charge >= 0.3 is 0 Å². The molecule has 0 spiro atoms. The summed E-state index contributed by atoms with van der Waals surface area (Å²) in [6.45, 7) is 4.09. The van der Waals surface area contributed by atoms with Gasteiger partial charge in [0.1, 0.15) is 23.3 Å². The van der Waals surface area contributed by atoms with E-state index < -0.39 is 0 Å². The Morgan fingerprint density at radius 2 is 1.76 bits per heavy atom. The van der Waals surface area contributed by atoms with Crippen LogP contribution in [0.25, 0.3) is 11.0 Å². The highest BCUT2D eigenvalue weighted by molar-refractivity contribution is 6.29. The quantitative estimate of drug-likeness (QED) is 0.667. The summed E-state index contributed by atoms with van der Waals surface area (Å²) >= 11 is 6.16. The zero-order chi connectivity index (χ0) is 17.2. The second kappa shape index (κ2) is 6.80. The van der Waals surface area contributed by atoms with Crippen molar-refractivity contribution in [3.05, 3.63) is 47.0 Å². The standard InChI is InChI=1S/C18H18ClN5O/c1-12-18(21-14-7-3-2-6-13(14)20-12)25-11-16-22-15(19)10-17(23-16)24-8-4-5-9-24/h2-3,6-7,10H,4-5,8-9,11H2,1H3. The third-order valence-corrected chi connectivity index (χ3v) is 4.39. The Balaban J connectivity index is 1.56. The summed E-state index contributed by atoms with van der Waals surface area (Å²) in [6.07, 6.45) is 2.36. The second-order valence-corrected chi connectivity index (χ2v) is 6.44. The minimum absolute atomic E-state index is 0.204. The molecule has 0 aliphatic carbocycles. The molecule has 0 bridgehead atoms. The third kappa shape index (κ3) is 3.49. The van der Waals surface area contributed by atoms with Crippen molar-refractivity contribution in [2.45, 2.75) is 26.4 Å². The van der Waals surface area contributed by atoms with Crippen LogP contribution < -0.4 is 9.64 Å². The van der Waals surface area contributed by atoms with Gasteiger partial charge in [0.25, 0.3) is 0 Å². The van der Waals surface area contributed by atoms with Gasteiger partial charge in [-0.15, -0.1) is 0 Å². The maximum absolute atomic E-state index is 6.16. The lowest BCUT2D eigenvalue weighted by atomic mass is 10.3. The molecule has 1 saturated heterocycles. The van der Waals surface area contributed by atoms with Crippen LogP contribution in [-0.2, 0) is 6.61 Å². The van der Waals surface area contributed by atoms with Crippen molar-refractivity contribution >= 4 is 28.5 Å². The predicted molar refractivity (Wildman–Crippen MR) is 97.1 cm³/mol. The van der Waals surface area contributed by atoms with Crippen LogP contribution in [0.4, 0.5) is 5.82 Å². The average molecular weight is 356 g/mol. The molecule has 0 radical (unpaired) electrons. The molecule has 3 aromatic rings. The van der Waals surface area contributed by atoms with E-state index in [-0.39, 0.29) is 6.61 Å². The van der Waals surface area contributed by atoms with E-state index in [2.05, 4.69) is 24.8 Å². The maximum Gasteiger partial charge on any atom is 0.236 e. The number of ether oxygens (including phenoxy) is 1. The van der Waals surface area contributed by atoms with E-state index in [1.165, 1.54) is 12.8 Å². The van der Waals surface area contributed by atoms with Crippen LogP contribution in [0.3, 0.4) is 0 Å². The largest absolute Gasteiger partial charge is 0.468 e. The normalized spacial score (nSPS) is 14.2. The lowest BCUT2D eigenvalue weighted by Crippen LogP contribution is -2.20. The van der Waals surface area contributed by atoms with Crippen molar-refractivity contribution in [3.63, 3.8) is 0 Å².